The van der Waals surface area contributed by atoms with Gasteiger partial charge in [0.15, 0.2) is 0 Å². The summed E-state index contributed by atoms with van der Waals surface area (Å²) in [7, 11) is 0. The second-order valence-corrected chi connectivity index (χ2v) is 6.67. The zero-order valence-electron chi connectivity index (χ0n) is 14.5. The minimum atomic E-state index is -0.357. The van der Waals surface area contributed by atoms with E-state index in [1.165, 1.54) is 0 Å². The Labute approximate surface area is 150 Å². The van der Waals surface area contributed by atoms with Gasteiger partial charge in [0.1, 0.15) is 17.1 Å². The normalized spacial score (nSPS) is 18.4. The number of likely N-dealkylation sites (tertiary alicyclic amines) is 1. The first-order chi connectivity index (χ1) is 12.6. The van der Waals surface area contributed by atoms with Crippen LogP contribution in [0, 0.1) is 5.92 Å². The molecule has 134 valence electrons. The highest BCUT2D eigenvalue weighted by atomic mass is 16.3. The second kappa shape index (κ2) is 6.71. The monoisotopic (exact) mass is 352 g/mol. The average molecular weight is 352 g/mol. The number of rotatable bonds is 5. The summed E-state index contributed by atoms with van der Waals surface area (Å²) in [4.78, 5) is 26.4. The van der Waals surface area contributed by atoms with Crippen molar-refractivity contribution in [3.8, 4) is 0 Å². The van der Waals surface area contributed by atoms with Gasteiger partial charge in [0.25, 0.3) is 0 Å². The Balaban J connectivity index is 1.39. The number of hydrogen-bond donors (Lipinski definition) is 1. The summed E-state index contributed by atoms with van der Waals surface area (Å²) in [6, 6.07) is 13.0. The van der Waals surface area contributed by atoms with Gasteiger partial charge in [0.2, 0.25) is 11.8 Å². The summed E-state index contributed by atoms with van der Waals surface area (Å²) < 4.78 is 11.1. The molecule has 1 N–H and O–H groups in total. The van der Waals surface area contributed by atoms with E-state index >= 15 is 0 Å². The molecule has 1 aliphatic heterocycles. The molecule has 6 heteroatoms. The van der Waals surface area contributed by atoms with Crippen LogP contribution >= 0.6 is 0 Å². The van der Waals surface area contributed by atoms with Crippen molar-refractivity contribution in [3.05, 3.63) is 60.2 Å². The fourth-order valence-electron chi connectivity index (χ4n) is 3.31. The topological polar surface area (TPSA) is 75.7 Å². The number of hydrogen-bond acceptors (Lipinski definition) is 4. The standard InChI is InChI=1S/C20H20N2O4/c1-13(18-9-14-5-2-3-7-17(14)26-18)21-20(24)15-10-19(23)22(11-15)12-16-6-4-8-25-16/h2-9,13,15H,10-12H2,1H3,(H,21,24). The van der Waals surface area contributed by atoms with Crippen molar-refractivity contribution >= 4 is 22.8 Å². The Kier molecular flexibility index (Phi) is 4.24. The maximum Gasteiger partial charge on any atom is 0.226 e. The number of fused-ring (bicyclic) bond motifs is 1. The van der Waals surface area contributed by atoms with E-state index in [0.717, 1.165) is 16.7 Å². The third kappa shape index (κ3) is 3.22. The number of furan rings is 2. The number of carbonyl (C=O) groups is 2. The largest absolute Gasteiger partial charge is 0.467 e. The number of nitrogens with zero attached hydrogens (tertiary/aromatic N) is 1. The molecule has 1 aliphatic rings. The first-order valence-electron chi connectivity index (χ1n) is 8.69. The third-order valence-electron chi connectivity index (χ3n) is 4.74. The van der Waals surface area contributed by atoms with Crippen molar-refractivity contribution in [3.63, 3.8) is 0 Å². The van der Waals surface area contributed by atoms with Crippen molar-refractivity contribution in [2.75, 3.05) is 6.54 Å². The first kappa shape index (κ1) is 16.4. The molecule has 2 amide bonds. The molecule has 0 spiro atoms. The van der Waals surface area contributed by atoms with E-state index in [4.69, 9.17) is 8.83 Å². The summed E-state index contributed by atoms with van der Waals surface area (Å²) in [6.07, 6.45) is 1.80. The van der Waals surface area contributed by atoms with Crippen molar-refractivity contribution in [1.82, 2.24) is 10.2 Å². The van der Waals surface area contributed by atoms with E-state index in [1.807, 2.05) is 43.3 Å². The molecule has 2 aromatic heterocycles. The Hall–Kier alpha value is -3.02. The number of amides is 2. The van der Waals surface area contributed by atoms with Crippen LogP contribution in [0.15, 0.2) is 57.6 Å². The van der Waals surface area contributed by atoms with Crippen LogP contribution in [0.1, 0.15) is 30.9 Å². The van der Waals surface area contributed by atoms with Crippen LogP contribution in [-0.4, -0.2) is 23.3 Å². The second-order valence-electron chi connectivity index (χ2n) is 6.67. The van der Waals surface area contributed by atoms with Gasteiger partial charge in [0, 0.05) is 18.4 Å². The number of para-hydroxylation sites is 1. The van der Waals surface area contributed by atoms with Crippen molar-refractivity contribution < 1.29 is 18.4 Å². The Bertz CT molecular complexity index is 895. The third-order valence-corrected chi connectivity index (χ3v) is 4.74. The molecular formula is C20H20N2O4. The highest BCUT2D eigenvalue weighted by Gasteiger charge is 2.35. The zero-order chi connectivity index (χ0) is 18.1. The number of benzene rings is 1. The van der Waals surface area contributed by atoms with Crippen molar-refractivity contribution in [2.24, 2.45) is 5.92 Å². The Morgan fingerprint density at radius 3 is 2.92 bits per heavy atom. The van der Waals surface area contributed by atoms with Gasteiger partial charge in [-0.05, 0) is 31.2 Å². The molecule has 3 aromatic rings. The molecule has 2 atom stereocenters. The lowest BCUT2D eigenvalue weighted by atomic mass is 10.1. The lowest BCUT2D eigenvalue weighted by Crippen LogP contribution is -2.34. The van der Waals surface area contributed by atoms with E-state index in [2.05, 4.69) is 5.32 Å². The van der Waals surface area contributed by atoms with Crippen LogP contribution in [0.25, 0.3) is 11.0 Å². The molecule has 0 bridgehead atoms. The van der Waals surface area contributed by atoms with Crippen LogP contribution in [0.5, 0.6) is 0 Å². The molecule has 2 unspecified atom stereocenters. The van der Waals surface area contributed by atoms with Gasteiger partial charge in [-0.3, -0.25) is 9.59 Å². The van der Waals surface area contributed by atoms with E-state index in [9.17, 15) is 9.59 Å². The molecule has 1 saturated heterocycles. The highest BCUT2D eigenvalue weighted by Crippen LogP contribution is 2.25. The SMILES string of the molecule is CC(NC(=O)C1CC(=O)N(Cc2ccco2)C1)c1cc2ccccc2o1. The fourth-order valence-corrected chi connectivity index (χ4v) is 3.31. The van der Waals surface area contributed by atoms with Gasteiger partial charge in [-0.2, -0.15) is 0 Å². The van der Waals surface area contributed by atoms with Gasteiger partial charge in [0.05, 0.1) is 24.8 Å². The van der Waals surface area contributed by atoms with E-state index in [-0.39, 0.29) is 30.2 Å². The summed E-state index contributed by atoms with van der Waals surface area (Å²) in [5.41, 5.74) is 0.796. The van der Waals surface area contributed by atoms with Gasteiger partial charge in [-0.1, -0.05) is 18.2 Å². The highest BCUT2D eigenvalue weighted by molar-refractivity contribution is 5.89. The van der Waals surface area contributed by atoms with Gasteiger partial charge in [-0.15, -0.1) is 0 Å². The van der Waals surface area contributed by atoms with Crippen molar-refractivity contribution in [1.29, 1.82) is 0 Å². The Morgan fingerprint density at radius 1 is 1.31 bits per heavy atom. The molecule has 0 aliphatic carbocycles. The van der Waals surface area contributed by atoms with Crippen LogP contribution in [-0.2, 0) is 16.1 Å². The van der Waals surface area contributed by atoms with Gasteiger partial charge in [-0.25, -0.2) is 0 Å². The fraction of sp³-hybridized carbons (Fsp3) is 0.300. The zero-order valence-corrected chi connectivity index (χ0v) is 14.5. The van der Waals surface area contributed by atoms with Crippen molar-refractivity contribution in [2.45, 2.75) is 25.9 Å². The predicted molar refractivity (Wildman–Crippen MR) is 95.0 cm³/mol. The Morgan fingerprint density at radius 2 is 2.15 bits per heavy atom. The summed E-state index contributed by atoms with van der Waals surface area (Å²) in [6.45, 7) is 2.68. The smallest absolute Gasteiger partial charge is 0.226 e. The molecule has 26 heavy (non-hydrogen) atoms. The van der Waals surface area contributed by atoms with E-state index < -0.39 is 0 Å². The lowest BCUT2D eigenvalue weighted by molar-refractivity contribution is -0.129. The first-order valence-corrected chi connectivity index (χ1v) is 8.69. The van der Waals surface area contributed by atoms with E-state index in [0.29, 0.717) is 18.8 Å². The van der Waals surface area contributed by atoms with Crippen LogP contribution < -0.4 is 5.32 Å². The molecule has 4 rings (SSSR count). The lowest BCUT2D eigenvalue weighted by Gasteiger charge is -2.16. The average Bonchev–Trinajstić information content (AvgIpc) is 3.35. The predicted octanol–water partition coefficient (Wildman–Crippen LogP) is 3.25. The summed E-state index contributed by atoms with van der Waals surface area (Å²) >= 11 is 0. The maximum atomic E-state index is 12.6. The summed E-state index contributed by atoms with van der Waals surface area (Å²) in [5, 5.41) is 3.97. The minimum Gasteiger partial charge on any atom is -0.467 e. The number of carbonyl (C=O) groups excluding carboxylic acids is 2. The van der Waals surface area contributed by atoms with Crippen LogP contribution in [0.2, 0.25) is 0 Å². The molecule has 1 aromatic carbocycles. The van der Waals surface area contributed by atoms with Crippen LogP contribution in [0.3, 0.4) is 0 Å². The van der Waals surface area contributed by atoms with Gasteiger partial charge < -0.3 is 19.1 Å². The van der Waals surface area contributed by atoms with Crippen LogP contribution in [0.4, 0.5) is 0 Å². The van der Waals surface area contributed by atoms with E-state index in [1.54, 1.807) is 17.2 Å². The quantitative estimate of drug-likeness (QED) is 0.765. The molecule has 3 heterocycles. The van der Waals surface area contributed by atoms with Gasteiger partial charge >= 0.3 is 0 Å². The number of nitrogens with one attached hydrogen (secondary N) is 1. The molecular weight excluding hydrogens is 332 g/mol. The molecule has 1 fully saturated rings. The molecule has 6 nitrogen and oxygen atoms in total. The molecule has 0 radical (unpaired) electrons. The summed E-state index contributed by atoms with van der Waals surface area (Å²) in [5.74, 6) is 0.904. The molecule has 0 saturated carbocycles. The maximum absolute atomic E-state index is 12.6. The minimum absolute atomic E-state index is 0.0297.